The quantitative estimate of drug-likeness (QED) is 0.850. The van der Waals surface area contributed by atoms with E-state index in [9.17, 15) is 13.2 Å². The highest BCUT2D eigenvalue weighted by Crippen LogP contribution is 2.38. The Balaban J connectivity index is 2.65. The molecule has 0 unspecified atom stereocenters. The van der Waals surface area contributed by atoms with Crippen LogP contribution in [-0.2, 0) is 12.8 Å². The van der Waals surface area contributed by atoms with E-state index in [4.69, 9.17) is 16.7 Å². The highest BCUT2D eigenvalue weighted by atomic mass is 35.5. The summed E-state index contributed by atoms with van der Waals surface area (Å²) in [6, 6.07) is 6.51. The topological polar surface area (TPSA) is 33.1 Å². The van der Waals surface area contributed by atoms with E-state index >= 15 is 0 Å². The summed E-state index contributed by atoms with van der Waals surface area (Å²) in [4.78, 5) is 3.79. The zero-order valence-corrected chi connectivity index (χ0v) is 10.3. The third kappa shape index (κ3) is 2.88. The monoisotopic (exact) mass is 287 g/mol. The molecule has 0 radical (unpaired) electrons. The summed E-state index contributed by atoms with van der Waals surface area (Å²) in [5, 5.41) is 8.99. The van der Waals surface area contributed by atoms with Crippen molar-refractivity contribution >= 4 is 11.6 Å². The SMILES string of the molecule is OCc1cnc(Cl)c(-c2ccccc2C(F)(F)F)c1. The Morgan fingerprint density at radius 1 is 1.16 bits per heavy atom. The Kier molecular flexibility index (Phi) is 3.78. The van der Waals surface area contributed by atoms with Crippen molar-refractivity contribution in [1.82, 2.24) is 4.98 Å². The summed E-state index contributed by atoms with van der Waals surface area (Å²) in [7, 11) is 0. The lowest BCUT2D eigenvalue weighted by molar-refractivity contribution is -0.137. The minimum atomic E-state index is -4.48. The number of pyridine rings is 1. The highest BCUT2D eigenvalue weighted by molar-refractivity contribution is 6.32. The first-order valence-corrected chi connectivity index (χ1v) is 5.73. The lowest BCUT2D eigenvalue weighted by Gasteiger charge is -2.14. The van der Waals surface area contributed by atoms with Crippen LogP contribution in [0.15, 0.2) is 36.5 Å². The lowest BCUT2D eigenvalue weighted by atomic mass is 10.00. The molecule has 0 bridgehead atoms. The fourth-order valence-corrected chi connectivity index (χ4v) is 1.94. The molecule has 0 aliphatic carbocycles. The van der Waals surface area contributed by atoms with Crippen LogP contribution in [0.4, 0.5) is 13.2 Å². The van der Waals surface area contributed by atoms with Gasteiger partial charge in [-0.05, 0) is 23.3 Å². The van der Waals surface area contributed by atoms with E-state index in [0.29, 0.717) is 5.56 Å². The van der Waals surface area contributed by atoms with Gasteiger partial charge in [0.1, 0.15) is 5.15 Å². The van der Waals surface area contributed by atoms with Crippen molar-refractivity contribution in [1.29, 1.82) is 0 Å². The molecule has 100 valence electrons. The zero-order chi connectivity index (χ0) is 14.0. The van der Waals surface area contributed by atoms with Crippen LogP contribution in [0.1, 0.15) is 11.1 Å². The van der Waals surface area contributed by atoms with Crippen molar-refractivity contribution in [2.45, 2.75) is 12.8 Å². The van der Waals surface area contributed by atoms with Gasteiger partial charge in [0.15, 0.2) is 0 Å². The molecule has 2 aromatic rings. The molecule has 0 saturated carbocycles. The molecular weight excluding hydrogens is 279 g/mol. The maximum absolute atomic E-state index is 12.9. The van der Waals surface area contributed by atoms with Gasteiger partial charge in [0.2, 0.25) is 0 Å². The molecule has 2 rings (SSSR count). The van der Waals surface area contributed by atoms with Gasteiger partial charge < -0.3 is 5.11 Å². The van der Waals surface area contributed by atoms with E-state index in [1.54, 1.807) is 0 Å². The largest absolute Gasteiger partial charge is 0.417 e. The molecular formula is C13H9ClF3NO. The van der Waals surface area contributed by atoms with Crippen LogP contribution in [-0.4, -0.2) is 10.1 Å². The number of benzene rings is 1. The van der Waals surface area contributed by atoms with E-state index in [1.807, 2.05) is 0 Å². The van der Waals surface area contributed by atoms with E-state index in [2.05, 4.69) is 4.98 Å². The zero-order valence-electron chi connectivity index (χ0n) is 9.58. The molecule has 1 N–H and O–H groups in total. The summed E-state index contributed by atoms with van der Waals surface area (Å²) in [6.07, 6.45) is -3.16. The first-order valence-electron chi connectivity index (χ1n) is 5.35. The van der Waals surface area contributed by atoms with E-state index in [0.717, 1.165) is 6.07 Å². The highest BCUT2D eigenvalue weighted by Gasteiger charge is 2.33. The van der Waals surface area contributed by atoms with Crippen LogP contribution in [0, 0.1) is 0 Å². The van der Waals surface area contributed by atoms with Gasteiger partial charge in [0.25, 0.3) is 0 Å². The molecule has 0 aliphatic rings. The fourth-order valence-electron chi connectivity index (χ4n) is 1.73. The van der Waals surface area contributed by atoms with Crippen molar-refractivity contribution in [3.05, 3.63) is 52.8 Å². The predicted molar refractivity (Wildman–Crippen MR) is 65.6 cm³/mol. The molecule has 1 aromatic heterocycles. The van der Waals surface area contributed by atoms with E-state index < -0.39 is 11.7 Å². The Hall–Kier alpha value is -1.59. The Morgan fingerprint density at radius 2 is 1.84 bits per heavy atom. The third-order valence-electron chi connectivity index (χ3n) is 2.60. The van der Waals surface area contributed by atoms with Gasteiger partial charge in [-0.1, -0.05) is 29.8 Å². The molecule has 1 aromatic carbocycles. The first-order chi connectivity index (χ1) is 8.93. The van der Waals surface area contributed by atoms with Gasteiger partial charge in [0, 0.05) is 11.8 Å². The van der Waals surface area contributed by atoms with Crippen molar-refractivity contribution in [2.75, 3.05) is 0 Å². The van der Waals surface area contributed by atoms with Crippen molar-refractivity contribution in [2.24, 2.45) is 0 Å². The molecule has 0 saturated heterocycles. The van der Waals surface area contributed by atoms with Crippen molar-refractivity contribution in [3.63, 3.8) is 0 Å². The second kappa shape index (κ2) is 5.19. The number of aliphatic hydroxyl groups is 1. The van der Waals surface area contributed by atoms with Crippen LogP contribution in [0.5, 0.6) is 0 Å². The second-order valence-electron chi connectivity index (χ2n) is 3.88. The van der Waals surface area contributed by atoms with Crippen molar-refractivity contribution in [3.8, 4) is 11.1 Å². The molecule has 0 spiro atoms. The smallest absolute Gasteiger partial charge is 0.392 e. The van der Waals surface area contributed by atoms with Gasteiger partial charge in [0.05, 0.1) is 12.2 Å². The molecule has 6 heteroatoms. The van der Waals surface area contributed by atoms with Crippen LogP contribution in [0.25, 0.3) is 11.1 Å². The average molecular weight is 288 g/mol. The first kappa shape index (κ1) is 13.8. The fraction of sp³-hybridized carbons (Fsp3) is 0.154. The summed E-state index contributed by atoms with van der Waals surface area (Å²) in [5.74, 6) is 0. The molecule has 0 fully saturated rings. The number of rotatable bonds is 2. The molecule has 1 heterocycles. The minimum Gasteiger partial charge on any atom is -0.392 e. The Bertz CT molecular complexity index is 599. The number of aliphatic hydroxyl groups excluding tert-OH is 1. The summed E-state index contributed by atoms with van der Waals surface area (Å²) in [5.41, 5.74) is -0.283. The van der Waals surface area contributed by atoms with Crippen LogP contribution in [0.3, 0.4) is 0 Å². The average Bonchev–Trinajstić information content (AvgIpc) is 2.38. The normalized spacial score (nSPS) is 11.6. The van der Waals surface area contributed by atoms with Gasteiger partial charge in [-0.25, -0.2) is 4.98 Å². The molecule has 0 amide bonds. The number of hydrogen-bond acceptors (Lipinski definition) is 2. The summed E-state index contributed by atoms with van der Waals surface area (Å²) < 4.78 is 38.8. The van der Waals surface area contributed by atoms with Gasteiger partial charge >= 0.3 is 6.18 Å². The van der Waals surface area contributed by atoms with E-state index in [1.165, 1.54) is 30.5 Å². The summed E-state index contributed by atoms with van der Waals surface area (Å²) in [6.45, 7) is -0.314. The number of hydrogen-bond donors (Lipinski definition) is 1. The van der Waals surface area contributed by atoms with Gasteiger partial charge in [-0.15, -0.1) is 0 Å². The Labute approximate surface area is 112 Å². The number of aromatic nitrogens is 1. The van der Waals surface area contributed by atoms with Crippen LogP contribution < -0.4 is 0 Å². The maximum Gasteiger partial charge on any atom is 0.417 e. The van der Waals surface area contributed by atoms with Crippen LogP contribution in [0.2, 0.25) is 5.15 Å². The minimum absolute atomic E-state index is 0.0334. The maximum atomic E-state index is 12.9. The predicted octanol–water partition coefficient (Wildman–Crippen LogP) is 3.91. The molecule has 2 nitrogen and oxygen atoms in total. The molecule has 0 atom stereocenters. The van der Waals surface area contributed by atoms with Crippen molar-refractivity contribution < 1.29 is 18.3 Å². The number of nitrogens with zero attached hydrogens (tertiary/aromatic N) is 1. The lowest BCUT2D eigenvalue weighted by Crippen LogP contribution is -2.07. The molecule has 19 heavy (non-hydrogen) atoms. The third-order valence-corrected chi connectivity index (χ3v) is 2.90. The Morgan fingerprint density at radius 3 is 2.47 bits per heavy atom. The number of halogens is 4. The molecule has 0 aliphatic heterocycles. The van der Waals surface area contributed by atoms with Gasteiger partial charge in [-0.3, -0.25) is 0 Å². The van der Waals surface area contributed by atoms with Gasteiger partial charge in [-0.2, -0.15) is 13.2 Å². The standard InChI is InChI=1S/C13H9ClF3NO/c14-12-10(5-8(7-19)6-18-12)9-3-1-2-4-11(9)13(15,16)17/h1-6,19H,7H2. The number of alkyl halides is 3. The second-order valence-corrected chi connectivity index (χ2v) is 4.24. The van der Waals surface area contributed by atoms with E-state index in [-0.39, 0.29) is 22.9 Å². The summed E-state index contributed by atoms with van der Waals surface area (Å²) >= 11 is 5.85. The van der Waals surface area contributed by atoms with Crippen LogP contribution >= 0.6 is 11.6 Å².